The second kappa shape index (κ2) is 6.50. The van der Waals surface area contributed by atoms with Crippen molar-refractivity contribution in [3.8, 4) is 0 Å². The minimum absolute atomic E-state index is 0.0900. The number of nitrogens with one attached hydrogen (secondary N) is 1. The standard InChI is InChI=1S/C13H12Cl2FN5O3/c14-10-8(16)9-7(2-17-10)11(20-12(15)19-9)21-3-5(18-13(23)24)1-6(22)4-21/h2,5-6,18,22H,1,3-4H2,(H,23,24)/t5-,6+/m0/s1. The smallest absolute Gasteiger partial charge is 0.404 e. The van der Waals surface area contributed by atoms with Crippen LogP contribution in [0.1, 0.15) is 6.42 Å². The van der Waals surface area contributed by atoms with Crippen LogP contribution in [0.3, 0.4) is 0 Å². The summed E-state index contributed by atoms with van der Waals surface area (Å²) in [5.74, 6) is -0.568. The van der Waals surface area contributed by atoms with Gasteiger partial charge in [0.1, 0.15) is 11.3 Å². The number of hydrogen-bond acceptors (Lipinski definition) is 6. The SMILES string of the molecule is O=C(O)N[C@H]1C[C@@H](O)CN(c2nc(Cl)nc3c(F)c(Cl)ncc23)C1. The van der Waals surface area contributed by atoms with E-state index in [4.69, 9.17) is 28.3 Å². The molecule has 2 aromatic rings. The fourth-order valence-corrected chi connectivity index (χ4v) is 3.06. The maximum atomic E-state index is 14.1. The zero-order valence-electron chi connectivity index (χ0n) is 12.1. The number of halogens is 3. The van der Waals surface area contributed by atoms with Gasteiger partial charge >= 0.3 is 6.09 Å². The molecule has 1 saturated heterocycles. The Morgan fingerprint density at radius 1 is 1.38 bits per heavy atom. The van der Waals surface area contributed by atoms with E-state index in [0.717, 1.165) is 0 Å². The Hall–Kier alpha value is -1.97. The van der Waals surface area contributed by atoms with Gasteiger partial charge in [-0.25, -0.2) is 19.2 Å². The van der Waals surface area contributed by atoms with Crippen LogP contribution in [0.2, 0.25) is 10.4 Å². The van der Waals surface area contributed by atoms with Crippen molar-refractivity contribution in [2.45, 2.75) is 18.6 Å². The molecule has 2 atom stereocenters. The molecule has 0 radical (unpaired) electrons. The lowest BCUT2D eigenvalue weighted by molar-refractivity contribution is 0.132. The first-order valence-corrected chi connectivity index (χ1v) is 7.70. The van der Waals surface area contributed by atoms with Crippen molar-refractivity contribution < 1.29 is 19.4 Å². The molecule has 3 rings (SSSR count). The lowest BCUT2D eigenvalue weighted by atomic mass is 10.0. The van der Waals surface area contributed by atoms with Crippen molar-refractivity contribution in [2.75, 3.05) is 18.0 Å². The second-order valence-corrected chi connectivity index (χ2v) is 6.08. The number of amides is 1. The van der Waals surface area contributed by atoms with Crippen LogP contribution in [-0.2, 0) is 0 Å². The van der Waals surface area contributed by atoms with Crippen LogP contribution in [-0.4, -0.2) is 56.5 Å². The van der Waals surface area contributed by atoms with Crippen LogP contribution >= 0.6 is 23.2 Å². The fraction of sp³-hybridized carbons (Fsp3) is 0.385. The zero-order chi connectivity index (χ0) is 17.4. The molecule has 1 amide bonds. The van der Waals surface area contributed by atoms with Crippen LogP contribution in [0.4, 0.5) is 15.0 Å². The van der Waals surface area contributed by atoms with Gasteiger partial charge in [-0.3, -0.25) is 0 Å². The molecule has 0 saturated carbocycles. The number of piperidine rings is 1. The minimum atomic E-state index is -1.20. The van der Waals surface area contributed by atoms with Gasteiger partial charge in [0.05, 0.1) is 17.5 Å². The molecule has 0 unspecified atom stereocenters. The molecule has 24 heavy (non-hydrogen) atoms. The van der Waals surface area contributed by atoms with Crippen molar-refractivity contribution in [1.29, 1.82) is 0 Å². The number of fused-ring (bicyclic) bond motifs is 1. The van der Waals surface area contributed by atoms with E-state index in [2.05, 4.69) is 20.3 Å². The van der Waals surface area contributed by atoms with Crippen molar-refractivity contribution >= 4 is 46.0 Å². The summed E-state index contributed by atoms with van der Waals surface area (Å²) in [4.78, 5) is 24.1. The van der Waals surface area contributed by atoms with E-state index < -0.39 is 24.1 Å². The predicted octanol–water partition coefficient (Wildman–Crippen LogP) is 1.68. The number of carbonyl (C=O) groups is 1. The van der Waals surface area contributed by atoms with E-state index in [0.29, 0.717) is 0 Å². The van der Waals surface area contributed by atoms with Gasteiger partial charge in [0.25, 0.3) is 0 Å². The fourth-order valence-electron chi connectivity index (χ4n) is 2.76. The first-order chi connectivity index (χ1) is 11.3. The highest BCUT2D eigenvalue weighted by molar-refractivity contribution is 6.30. The lowest BCUT2D eigenvalue weighted by Gasteiger charge is -2.36. The van der Waals surface area contributed by atoms with Crippen LogP contribution in [0.15, 0.2) is 6.20 Å². The van der Waals surface area contributed by atoms with E-state index in [1.54, 1.807) is 4.90 Å². The van der Waals surface area contributed by atoms with Gasteiger partial charge in [-0.2, -0.15) is 4.98 Å². The number of aliphatic hydroxyl groups excluding tert-OH is 1. The van der Waals surface area contributed by atoms with Gasteiger partial charge in [0, 0.05) is 19.3 Å². The third-order valence-electron chi connectivity index (χ3n) is 3.65. The predicted molar refractivity (Wildman–Crippen MR) is 85.1 cm³/mol. The molecule has 8 nitrogen and oxygen atoms in total. The van der Waals surface area contributed by atoms with Crippen LogP contribution in [0.25, 0.3) is 10.9 Å². The van der Waals surface area contributed by atoms with Gasteiger partial charge in [0.15, 0.2) is 11.0 Å². The van der Waals surface area contributed by atoms with Crippen molar-refractivity contribution in [2.24, 2.45) is 0 Å². The van der Waals surface area contributed by atoms with E-state index in [-0.39, 0.29) is 46.7 Å². The molecule has 0 bridgehead atoms. The van der Waals surface area contributed by atoms with Crippen LogP contribution < -0.4 is 10.2 Å². The van der Waals surface area contributed by atoms with Gasteiger partial charge in [-0.15, -0.1) is 0 Å². The molecule has 11 heteroatoms. The summed E-state index contributed by atoms with van der Waals surface area (Å²) in [6.45, 7) is 0.417. The quantitative estimate of drug-likeness (QED) is 0.540. The molecule has 1 aliphatic heterocycles. The molecular formula is C13H12Cl2FN5O3. The average molecular weight is 376 g/mol. The highest BCUT2D eigenvalue weighted by atomic mass is 35.5. The second-order valence-electron chi connectivity index (χ2n) is 5.38. The third kappa shape index (κ3) is 3.28. The highest BCUT2D eigenvalue weighted by Gasteiger charge is 2.29. The molecule has 2 aromatic heterocycles. The number of aromatic nitrogens is 3. The van der Waals surface area contributed by atoms with Gasteiger partial charge < -0.3 is 20.4 Å². The molecule has 0 aliphatic carbocycles. The van der Waals surface area contributed by atoms with Crippen molar-refractivity contribution in [3.05, 3.63) is 22.5 Å². The summed E-state index contributed by atoms with van der Waals surface area (Å²) in [6, 6.07) is -0.514. The number of hydrogen-bond donors (Lipinski definition) is 3. The highest BCUT2D eigenvalue weighted by Crippen LogP contribution is 2.30. The minimum Gasteiger partial charge on any atom is -0.465 e. The summed E-state index contributed by atoms with van der Waals surface area (Å²) in [5, 5.41) is 20.9. The van der Waals surface area contributed by atoms with Crippen LogP contribution in [0, 0.1) is 5.82 Å². The average Bonchev–Trinajstić information content (AvgIpc) is 2.49. The summed E-state index contributed by atoms with van der Waals surface area (Å²) in [6.07, 6.45) is -0.408. The zero-order valence-corrected chi connectivity index (χ0v) is 13.6. The van der Waals surface area contributed by atoms with Gasteiger partial charge in [0.2, 0.25) is 5.28 Å². The Morgan fingerprint density at radius 2 is 2.12 bits per heavy atom. The molecule has 0 spiro atoms. The topological polar surface area (TPSA) is 111 Å². The number of aliphatic hydroxyl groups is 1. The van der Waals surface area contributed by atoms with Crippen molar-refractivity contribution in [1.82, 2.24) is 20.3 Å². The summed E-state index contributed by atoms with van der Waals surface area (Å²) < 4.78 is 14.1. The Balaban J connectivity index is 2.04. The molecule has 3 heterocycles. The molecule has 3 N–H and O–H groups in total. The summed E-state index contributed by atoms with van der Waals surface area (Å²) in [7, 11) is 0. The van der Waals surface area contributed by atoms with Gasteiger partial charge in [-0.05, 0) is 18.0 Å². The normalized spacial score (nSPS) is 21.1. The maximum absolute atomic E-state index is 14.1. The Bertz CT molecular complexity index is 809. The number of anilines is 1. The number of pyridine rings is 1. The third-order valence-corrected chi connectivity index (χ3v) is 4.08. The van der Waals surface area contributed by atoms with Crippen LogP contribution in [0.5, 0.6) is 0 Å². The maximum Gasteiger partial charge on any atom is 0.404 e. The van der Waals surface area contributed by atoms with E-state index >= 15 is 0 Å². The molecule has 1 aliphatic rings. The number of rotatable bonds is 2. The van der Waals surface area contributed by atoms with E-state index in [1.165, 1.54) is 6.20 Å². The van der Waals surface area contributed by atoms with Crippen molar-refractivity contribution in [3.63, 3.8) is 0 Å². The van der Waals surface area contributed by atoms with E-state index in [9.17, 15) is 14.3 Å². The first kappa shape index (κ1) is 16.9. The Morgan fingerprint density at radius 3 is 2.83 bits per heavy atom. The molecule has 1 fully saturated rings. The van der Waals surface area contributed by atoms with Gasteiger partial charge in [-0.1, -0.05) is 11.6 Å². The summed E-state index contributed by atoms with van der Waals surface area (Å²) >= 11 is 11.5. The monoisotopic (exact) mass is 375 g/mol. The largest absolute Gasteiger partial charge is 0.465 e. The molecule has 0 aromatic carbocycles. The first-order valence-electron chi connectivity index (χ1n) is 6.95. The lowest BCUT2D eigenvalue weighted by Crippen LogP contribution is -2.52. The number of nitrogens with zero attached hydrogens (tertiary/aromatic N) is 4. The molecular weight excluding hydrogens is 364 g/mol. The molecule has 128 valence electrons. The Kier molecular flexibility index (Phi) is 4.57. The number of β-amino-alcohol motifs (C(OH)–C–C–N with tert-alkyl or cyclic N) is 1. The number of carboxylic acid groups (broad SMARTS) is 1. The Labute approximate surface area is 145 Å². The summed E-state index contributed by atoms with van der Waals surface area (Å²) in [5.41, 5.74) is -0.0900. The van der Waals surface area contributed by atoms with E-state index in [1.807, 2.05) is 0 Å².